The van der Waals surface area contributed by atoms with Gasteiger partial charge in [0.05, 0.1) is 0 Å². The van der Waals surface area contributed by atoms with Crippen molar-refractivity contribution in [2.24, 2.45) is 5.92 Å². The lowest BCUT2D eigenvalue weighted by Gasteiger charge is -2.34. The molecule has 1 saturated heterocycles. The summed E-state index contributed by atoms with van der Waals surface area (Å²) in [4.78, 5) is 2.37. The Bertz CT molecular complexity index is 357. The van der Waals surface area contributed by atoms with Gasteiger partial charge in [-0.2, -0.15) is 0 Å². The predicted octanol–water partition coefficient (Wildman–Crippen LogP) is 1.79. The molecule has 0 radical (unpaired) electrons. The topological polar surface area (TPSA) is 49.5 Å². The standard InChI is InChI=1S/C13H20N2O/c1-10-2-3-12(14)8-13(10)15-6-4-11(9-16)5-7-15/h2-3,8,11,16H,4-7,9,14H2,1H3. The molecular formula is C13H20N2O. The van der Waals surface area contributed by atoms with E-state index in [2.05, 4.69) is 24.0 Å². The van der Waals surface area contributed by atoms with Crippen LogP contribution in [0.15, 0.2) is 18.2 Å². The maximum Gasteiger partial charge on any atom is 0.0460 e. The van der Waals surface area contributed by atoms with Crippen molar-refractivity contribution < 1.29 is 5.11 Å². The number of aliphatic hydroxyl groups excluding tert-OH is 1. The molecule has 0 unspecified atom stereocenters. The molecule has 0 bridgehead atoms. The van der Waals surface area contributed by atoms with Gasteiger partial charge in [0.1, 0.15) is 0 Å². The van der Waals surface area contributed by atoms with Crippen LogP contribution in [0.1, 0.15) is 18.4 Å². The van der Waals surface area contributed by atoms with Crippen molar-refractivity contribution in [1.29, 1.82) is 0 Å². The Morgan fingerprint density at radius 2 is 2.06 bits per heavy atom. The van der Waals surface area contributed by atoms with Crippen LogP contribution >= 0.6 is 0 Å². The van der Waals surface area contributed by atoms with Crippen LogP contribution in [0, 0.1) is 12.8 Å². The highest BCUT2D eigenvalue weighted by Crippen LogP contribution is 2.27. The number of anilines is 2. The SMILES string of the molecule is Cc1ccc(N)cc1N1CCC(CO)CC1. The van der Waals surface area contributed by atoms with E-state index in [1.807, 2.05) is 6.07 Å². The number of nitrogens with two attached hydrogens (primary N) is 1. The number of aliphatic hydroxyl groups is 1. The number of hydrogen-bond donors (Lipinski definition) is 2. The normalized spacial score (nSPS) is 17.8. The smallest absolute Gasteiger partial charge is 0.0460 e. The maximum atomic E-state index is 9.11. The summed E-state index contributed by atoms with van der Waals surface area (Å²) in [5.41, 5.74) is 9.17. The fourth-order valence-corrected chi connectivity index (χ4v) is 2.32. The zero-order valence-electron chi connectivity index (χ0n) is 9.82. The van der Waals surface area contributed by atoms with Crippen LogP contribution in [0.4, 0.5) is 11.4 Å². The van der Waals surface area contributed by atoms with Crippen LogP contribution in [-0.4, -0.2) is 24.8 Å². The zero-order valence-corrected chi connectivity index (χ0v) is 9.82. The lowest BCUT2D eigenvalue weighted by Crippen LogP contribution is -2.35. The molecular weight excluding hydrogens is 200 g/mol. The summed E-state index contributed by atoms with van der Waals surface area (Å²) in [6.07, 6.45) is 2.15. The highest BCUT2D eigenvalue weighted by atomic mass is 16.3. The Balaban J connectivity index is 2.10. The average molecular weight is 220 g/mol. The number of rotatable bonds is 2. The molecule has 1 heterocycles. The molecule has 0 saturated carbocycles. The number of nitrogen functional groups attached to an aromatic ring is 1. The first-order chi connectivity index (χ1) is 7.70. The van der Waals surface area contributed by atoms with E-state index in [0.717, 1.165) is 31.6 Å². The van der Waals surface area contributed by atoms with E-state index in [1.54, 1.807) is 0 Å². The number of nitrogens with zero attached hydrogens (tertiary/aromatic N) is 1. The quantitative estimate of drug-likeness (QED) is 0.747. The zero-order chi connectivity index (χ0) is 11.5. The molecule has 0 aliphatic carbocycles. The van der Waals surface area contributed by atoms with Gasteiger partial charge < -0.3 is 15.7 Å². The highest BCUT2D eigenvalue weighted by Gasteiger charge is 2.19. The molecule has 88 valence electrons. The maximum absolute atomic E-state index is 9.11. The van der Waals surface area contributed by atoms with Crippen molar-refractivity contribution in [3.63, 3.8) is 0 Å². The van der Waals surface area contributed by atoms with Gasteiger partial charge in [-0.3, -0.25) is 0 Å². The van der Waals surface area contributed by atoms with Crippen LogP contribution in [0.2, 0.25) is 0 Å². The van der Waals surface area contributed by atoms with E-state index in [-0.39, 0.29) is 0 Å². The monoisotopic (exact) mass is 220 g/mol. The molecule has 2 rings (SSSR count). The molecule has 3 N–H and O–H groups in total. The average Bonchev–Trinajstić information content (AvgIpc) is 2.32. The van der Waals surface area contributed by atoms with E-state index in [0.29, 0.717) is 12.5 Å². The molecule has 1 aromatic carbocycles. The van der Waals surface area contributed by atoms with E-state index in [1.165, 1.54) is 11.3 Å². The number of hydrogen-bond acceptors (Lipinski definition) is 3. The van der Waals surface area contributed by atoms with Crippen molar-refractivity contribution >= 4 is 11.4 Å². The molecule has 3 heteroatoms. The van der Waals surface area contributed by atoms with Gasteiger partial charge in [0, 0.05) is 31.1 Å². The first-order valence-corrected chi connectivity index (χ1v) is 5.92. The second-order valence-electron chi connectivity index (χ2n) is 4.66. The predicted molar refractivity (Wildman–Crippen MR) is 67.6 cm³/mol. The molecule has 0 amide bonds. The molecule has 1 aliphatic heterocycles. The highest BCUT2D eigenvalue weighted by molar-refractivity contribution is 5.61. The van der Waals surface area contributed by atoms with Crippen LogP contribution in [0.3, 0.4) is 0 Å². The molecule has 0 spiro atoms. The van der Waals surface area contributed by atoms with E-state index < -0.39 is 0 Å². The van der Waals surface area contributed by atoms with E-state index in [4.69, 9.17) is 10.8 Å². The Kier molecular flexibility index (Phi) is 3.34. The van der Waals surface area contributed by atoms with Gasteiger partial charge >= 0.3 is 0 Å². The van der Waals surface area contributed by atoms with Crippen molar-refractivity contribution in [3.05, 3.63) is 23.8 Å². The molecule has 0 atom stereocenters. The third-order valence-corrected chi connectivity index (χ3v) is 3.45. The summed E-state index contributed by atoms with van der Waals surface area (Å²) in [6.45, 7) is 4.49. The Morgan fingerprint density at radius 3 is 2.69 bits per heavy atom. The minimum absolute atomic E-state index is 0.323. The summed E-state index contributed by atoms with van der Waals surface area (Å²) in [5.74, 6) is 0.484. The van der Waals surface area contributed by atoms with Gasteiger partial charge in [-0.15, -0.1) is 0 Å². The first-order valence-electron chi connectivity index (χ1n) is 5.92. The summed E-state index contributed by atoms with van der Waals surface area (Å²) in [5, 5.41) is 9.11. The van der Waals surface area contributed by atoms with E-state index >= 15 is 0 Å². The fourth-order valence-electron chi connectivity index (χ4n) is 2.32. The Labute approximate surface area is 96.9 Å². The molecule has 16 heavy (non-hydrogen) atoms. The van der Waals surface area contributed by atoms with Gasteiger partial charge in [0.25, 0.3) is 0 Å². The second kappa shape index (κ2) is 4.74. The minimum atomic E-state index is 0.323. The van der Waals surface area contributed by atoms with Crippen molar-refractivity contribution in [1.82, 2.24) is 0 Å². The number of piperidine rings is 1. The van der Waals surface area contributed by atoms with E-state index in [9.17, 15) is 0 Å². The van der Waals surface area contributed by atoms with Crippen LogP contribution in [0.25, 0.3) is 0 Å². The molecule has 3 nitrogen and oxygen atoms in total. The molecule has 0 aromatic heterocycles. The van der Waals surface area contributed by atoms with Crippen LogP contribution in [-0.2, 0) is 0 Å². The van der Waals surface area contributed by atoms with Gasteiger partial charge in [-0.1, -0.05) is 6.07 Å². The fraction of sp³-hybridized carbons (Fsp3) is 0.538. The minimum Gasteiger partial charge on any atom is -0.399 e. The van der Waals surface area contributed by atoms with Gasteiger partial charge in [0.2, 0.25) is 0 Å². The summed E-state index contributed by atoms with van der Waals surface area (Å²) in [6, 6.07) is 6.07. The third kappa shape index (κ3) is 2.30. The second-order valence-corrected chi connectivity index (χ2v) is 4.66. The van der Waals surface area contributed by atoms with Crippen molar-refractivity contribution in [2.75, 3.05) is 30.3 Å². The van der Waals surface area contributed by atoms with Gasteiger partial charge in [-0.05, 0) is 43.4 Å². The molecule has 1 fully saturated rings. The van der Waals surface area contributed by atoms with Crippen LogP contribution in [0.5, 0.6) is 0 Å². The first kappa shape index (κ1) is 11.3. The van der Waals surface area contributed by atoms with Crippen molar-refractivity contribution in [3.8, 4) is 0 Å². The largest absolute Gasteiger partial charge is 0.399 e. The van der Waals surface area contributed by atoms with Gasteiger partial charge in [-0.25, -0.2) is 0 Å². The molecule has 1 aromatic rings. The lowest BCUT2D eigenvalue weighted by molar-refractivity contribution is 0.203. The number of aryl methyl sites for hydroxylation is 1. The van der Waals surface area contributed by atoms with Crippen LogP contribution < -0.4 is 10.6 Å². The number of benzene rings is 1. The Hall–Kier alpha value is -1.22. The van der Waals surface area contributed by atoms with Crippen molar-refractivity contribution in [2.45, 2.75) is 19.8 Å². The summed E-state index contributed by atoms with van der Waals surface area (Å²) < 4.78 is 0. The summed E-state index contributed by atoms with van der Waals surface area (Å²) >= 11 is 0. The Morgan fingerprint density at radius 1 is 1.38 bits per heavy atom. The molecule has 1 aliphatic rings. The van der Waals surface area contributed by atoms with Gasteiger partial charge in [0.15, 0.2) is 0 Å². The summed E-state index contributed by atoms with van der Waals surface area (Å²) in [7, 11) is 0. The third-order valence-electron chi connectivity index (χ3n) is 3.45. The lowest BCUT2D eigenvalue weighted by atomic mass is 9.97.